The average Bonchev–Trinajstić information content (AvgIpc) is 2.60. The van der Waals surface area contributed by atoms with Gasteiger partial charge in [-0.3, -0.25) is 4.79 Å². The molecule has 0 atom stereocenters. The van der Waals surface area contributed by atoms with E-state index in [0.717, 1.165) is 17.0 Å². The number of likely N-dealkylation sites (N-methyl/N-ethyl adjacent to an activating group) is 1. The van der Waals surface area contributed by atoms with Crippen LogP contribution in [0.15, 0.2) is 29.4 Å². The van der Waals surface area contributed by atoms with Crippen LogP contribution in [0.2, 0.25) is 0 Å². The number of carbonyl (C=O) groups is 1. The smallest absolute Gasteiger partial charge is 0.257 e. The molecule has 8 heteroatoms. The lowest BCUT2D eigenvalue weighted by Gasteiger charge is -2.11. The Morgan fingerprint density at radius 1 is 1.19 bits per heavy atom. The van der Waals surface area contributed by atoms with Gasteiger partial charge in [0.1, 0.15) is 0 Å². The summed E-state index contributed by atoms with van der Waals surface area (Å²) in [6, 6.07) is 7.19. The van der Waals surface area contributed by atoms with Gasteiger partial charge in [-0.05, 0) is 50.6 Å². The van der Waals surface area contributed by atoms with E-state index in [1.54, 1.807) is 18.3 Å². The lowest BCUT2D eigenvalue weighted by atomic mass is 10.2. The maximum atomic E-state index is 11.5. The Labute approximate surface area is 152 Å². The summed E-state index contributed by atoms with van der Waals surface area (Å²) < 4.78 is 10.8. The number of nitrogens with zero attached hydrogens (tertiary/aromatic N) is 3. The second-order valence-electron chi connectivity index (χ2n) is 5.50. The van der Waals surface area contributed by atoms with Crippen molar-refractivity contribution in [2.24, 2.45) is 5.10 Å². The van der Waals surface area contributed by atoms with Crippen molar-refractivity contribution in [3.05, 3.63) is 41.2 Å². The van der Waals surface area contributed by atoms with Gasteiger partial charge in [-0.1, -0.05) is 0 Å². The molecule has 0 saturated carbocycles. The predicted octanol–water partition coefficient (Wildman–Crippen LogP) is 2.06. The number of rotatable bonds is 8. The molecular formula is C18H23N5O3. The van der Waals surface area contributed by atoms with Crippen LogP contribution in [0, 0.1) is 13.8 Å². The number of ether oxygens (including phenoxy) is 2. The van der Waals surface area contributed by atoms with Crippen LogP contribution >= 0.6 is 0 Å². The van der Waals surface area contributed by atoms with E-state index < -0.39 is 0 Å². The van der Waals surface area contributed by atoms with Crippen molar-refractivity contribution in [2.75, 3.05) is 25.7 Å². The van der Waals surface area contributed by atoms with Gasteiger partial charge in [0.25, 0.3) is 5.91 Å². The molecule has 1 heterocycles. The molecule has 1 amide bonds. The molecule has 0 radical (unpaired) electrons. The van der Waals surface area contributed by atoms with Crippen LogP contribution in [-0.4, -0.2) is 42.4 Å². The van der Waals surface area contributed by atoms with Gasteiger partial charge < -0.3 is 14.8 Å². The van der Waals surface area contributed by atoms with Gasteiger partial charge in [-0.2, -0.15) is 5.10 Å². The van der Waals surface area contributed by atoms with Crippen LogP contribution in [0.3, 0.4) is 0 Å². The van der Waals surface area contributed by atoms with Crippen molar-refractivity contribution in [1.82, 2.24) is 15.3 Å². The lowest BCUT2D eigenvalue weighted by molar-refractivity contribution is -0.123. The zero-order valence-corrected chi connectivity index (χ0v) is 15.4. The van der Waals surface area contributed by atoms with E-state index in [1.165, 1.54) is 7.11 Å². The fraction of sp³-hybridized carbons (Fsp3) is 0.333. The summed E-state index contributed by atoms with van der Waals surface area (Å²) in [6.45, 7) is 6.14. The Hall–Kier alpha value is -3.16. The number of anilines is 1. The monoisotopic (exact) mass is 357 g/mol. The number of hydrogen-bond acceptors (Lipinski definition) is 7. The topological polar surface area (TPSA) is 97.7 Å². The first kappa shape index (κ1) is 19.2. The Balaban J connectivity index is 2.02. The largest absolute Gasteiger partial charge is 0.493 e. The maximum absolute atomic E-state index is 11.5. The number of hydrazone groups is 1. The second-order valence-corrected chi connectivity index (χ2v) is 5.50. The highest BCUT2D eigenvalue weighted by Gasteiger charge is 2.07. The van der Waals surface area contributed by atoms with E-state index in [2.05, 4.69) is 25.8 Å². The van der Waals surface area contributed by atoms with E-state index >= 15 is 0 Å². The molecule has 26 heavy (non-hydrogen) atoms. The summed E-state index contributed by atoms with van der Waals surface area (Å²) in [5.74, 6) is 1.26. The number of hydrogen-bond donors (Lipinski definition) is 2. The van der Waals surface area contributed by atoms with Gasteiger partial charge >= 0.3 is 0 Å². The number of benzene rings is 1. The van der Waals surface area contributed by atoms with Crippen molar-refractivity contribution >= 4 is 18.1 Å². The molecule has 0 aliphatic heterocycles. The van der Waals surface area contributed by atoms with Gasteiger partial charge in [0.2, 0.25) is 5.95 Å². The third-order valence-electron chi connectivity index (χ3n) is 3.28. The van der Waals surface area contributed by atoms with Crippen LogP contribution in [0.25, 0.3) is 0 Å². The molecule has 2 N–H and O–H groups in total. The molecule has 0 fully saturated rings. The predicted molar refractivity (Wildman–Crippen MR) is 99.9 cm³/mol. The van der Waals surface area contributed by atoms with Gasteiger partial charge in [0, 0.05) is 17.9 Å². The Morgan fingerprint density at radius 3 is 2.58 bits per heavy atom. The van der Waals surface area contributed by atoms with Crippen molar-refractivity contribution in [3.8, 4) is 11.5 Å². The first-order chi connectivity index (χ1) is 12.5. The normalized spacial score (nSPS) is 10.6. The highest BCUT2D eigenvalue weighted by Crippen LogP contribution is 2.27. The SMILES string of the molecule is CCNC(=O)COc1ccc(/C=N\Nc2nc(C)cc(C)n2)cc1OC. The molecule has 138 valence electrons. The van der Waals surface area contributed by atoms with Crippen molar-refractivity contribution in [1.29, 1.82) is 0 Å². The van der Waals surface area contributed by atoms with Crippen LogP contribution in [0.1, 0.15) is 23.9 Å². The molecule has 0 bridgehead atoms. The minimum absolute atomic E-state index is 0.0662. The molecule has 1 aromatic heterocycles. The first-order valence-electron chi connectivity index (χ1n) is 8.20. The molecule has 0 aliphatic rings. The van der Waals surface area contributed by atoms with Gasteiger partial charge in [0.15, 0.2) is 18.1 Å². The Kier molecular flexibility index (Phi) is 6.90. The maximum Gasteiger partial charge on any atom is 0.257 e. The lowest BCUT2D eigenvalue weighted by Crippen LogP contribution is -2.28. The molecule has 8 nitrogen and oxygen atoms in total. The molecule has 0 aliphatic carbocycles. The standard InChI is InChI=1S/C18H23N5O3/c1-5-19-17(24)11-26-15-7-6-14(9-16(15)25-4)10-20-23-18-21-12(2)8-13(3)22-18/h6-10H,5,11H2,1-4H3,(H,19,24)(H,21,22,23)/b20-10-. The third kappa shape index (κ3) is 5.73. The number of amides is 1. The Bertz CT molecular complexity index is 772. The summed E-state index contributed by atoms with van der Waals surface area (Å²) in [6.07, 6.45) is 1.62. The van der Waals surface area contributed by atoms with Crippen LogP contribution in [0.5, 0.6) is 11.5 Å². The van der Waals surface area contributed by atoms with Crippen LogP contribution in [-0.2, 0) is 4.79 Å². The highest BCUT2D eigenvalue weighted by molar-refractivity contribution is 5.81. The molecular weight excluding hydrogens is 334 g/mol. The third-order valence-corrected chi connectivity index (χ3v) is 3.28. The first-order valence-corrected chi connectivity index (χ1v) is 8.20. The molecule has 0 spiro atoms. The molecule has 0 unspecified atom stereocenters. The van der Waals surface area contributed by atoms with Crippen LogP contribution in [0.4, 0.5) is 5.95 Å². The summed E-state index contributed by atoms with van der Waals surface area (Å²) in [4.78, 5) is 20.0. The summed E-state index contributed by atoms with van der Waals surface area (Å²) >= 11 is 0. The fourth-order valence-electron chi connectivity index (χ4n) is 2.22. The molecule has 2 rings (SSSR count). The van der Waals surface area contributed by atoms with Crippen molar-refractivity contribution < 1.29 is 14.3 Å². The molecule has 1 aromatic carbocycles. The van der Waals surface area contributed by atoms with E-state index in [-0.39, 0.29) is 12.5 Å². The van der Waals surface area contributed by atoms with Gasteiger partial charge in [-0.15, -0.1) is 0 Å². The number of methoxy groups -OCH3 is 1. The number of carbonyl (C=O) groups excluding carboxylic acids is 1. The highest BCUT2D eigenvalue weighted by atomic mass is 16.5. The van der Waals surface area contributed by atoms with E-state index in [0.29, 0.717) is 24.0 Å². The number of aryl methyl sites for hydroxylation is 2. The van der Waals surface area contributed by atoms with E-state index in [4.69, 9.17) is 9.47 Å². The van der Waals surface area contributed by atoms with Gasteiger partial charge in [0.05, 0.1) is 13.3 Å². The summed E-state index contributed by atoms with van der Waals surface area (Å²) in [5, 5.41) is 6.81. The summed E-state index contributed by atoms with van der Waals surface area (Å²) in [5.41, 5.74) is 5.33. The molecule has 2 aromatic rings. The minimum Gasteiger partial charge on any atom is -0.493 e. The molecule has 0 saturated heterocycles. The zero-order chi connectivity index (χ0) is 18.9. The van der Waals surface area contributed by atoms with Crippen LogP contribution < -0.4 is 20.2 Å². The van der Waals surface area contributed by atoms with Gasteiger partial charge in [-0.25, -0.2) is 15.4 Å². The minimum atomic E-state index is -0.183. The Morgan fingerprint density at radius 2 is 1.92 bits per heavy atom. The number of aromatic nitrogens is 2. The fourth-order valence-corrected chi connectivity index (χ4v) is 2.22. The van der Waals surface area contributed by atoms with Crippen molar-refractivity contribution in [2.45, 2.75) is 20.8 Å². The van der Waals surface area contributed by atoms with Crippen molar-refractivity contribution in [3.63, 3.8) is 0 Å². The van der Waals surface area contributed by atoms with E-state index in [1.807, 2.05) is 32.9 Å². The second kappa shape index (κ2) is 9.36. The quantitative estimate of drug-likeness (QED) is 0.554. The summed E-state index contributed by atoms with van der Waals surface area (Å²) in [7, 11) is 1.54. The zero-order valence-electron chi connectivity index (χ0n) is 15.4. The average molecular weight is 357 g/mol. The number of nitrogens with one attached hydrogen (secondary N) is 2. The van der Waals surface area contributed by atoms with E-state index in [9.17, 15) is 4.79 Å².